The molecule has 1 fully saturated rings. The number of nitrogens with two attached hydrogens (primary N) is 1. The maximum Gasteiger partial charge on any atom is 0.0772 e. The minimum absolute atomic E-state index is 0.417. The van der Waals surface area contributed by atoms with E-state index in [1.807, 2.05) is 0 Å². The van der Waals surface area contributed by atoms with Crippen molar-refractivity contribution in [2.45, 2.75) is 38.8 Å². The highest BCUT2D eigenvalue weighted by Gasteiger charge is 2.20. The monoisotopic (exact) mass is 292 g/mol. The maximum absolute atomic E-state index is 5.88. The second-order valence-electron chi connectivity index (χ2n) is 5.14. The summed E-state index contributed by atoms with van der Waals surface area (Å²) in [6.45, 7) is 6.72. The Morgan fingerprint density at radius 1 is 1.50 bits per heavy atom. The van der Waals surface area contributed by atoms with Gasteiger partial charge in [-0.05, 0) is 37.9 Å². The van der Waals surface area contributed by atoms with Crippen LogP contribution in [0.15, 0.2) is 12.1 Å². The molecule has 1 aliphatic rings. The van der Waals surface area contributed by atoms with Crippen LogP contribution in [-0.4, -0.2) is 37.2 Å². The molecule has 2 N–H and O–H groups in total. The molecule has 1 saturated heterocycles. The van der Waals surface area contributed by atoms with Gasteiger partial charge in [-0.2, -0.15) is 0 Å². The van der Waals surface area contributed by atoms with Crippen LogP contribution in [0.3, 0.4) is 0 Å². The number of nitrogens with zero attached hydrogens (tertiary/aromatic N) is 1. The highest BCUT2D eigenvalue weighted by atomic mass is 32.1. The van der Waals surface area contributed by atoms with Crippen LogP contribution in [0.4, 0.5) is 0 Å². The fraction of sp³-hybridized carbons (Fsp3) is 0.625. The topological polar surface area (TPSA) is 38.5 Å². The minimum atomic E-state index is 0.417. The van der Waals surface area contributed by atoms with Gasteiger partial charge in [0.2, 0.25) is 0 Å². The van der Waals surface area contributed by atoms with Gasteiger partial charge >= 0.3 is 0 Å². The molecular weight excluding hydrogens is 268 g/mol. The van der Waals surface area contributed by atoms with Gasteiger partial charge in [0.25, 0.3) is 0 Å². The first-order chi connectivity index (χ1) is 9.81. The Labute approximate surface area is 126 Å². The summed E-state index contributed by atoms with van der Waals surface area (Å²) in [4.78, 5) is 4.99. The molecule has 1 aromatic rings. The molecule has 0 radical (unpaired) electrons. The Kier molecular flexibility index (Phi) is 6.55. The van der Waals surface area contributed by atoms with E-state index in [2.05, 4.69) is 35.8 Å². The Balaban J connectivity index is 1.84. The average Bonchev–Trinajstić information content (AvgIpc) is 2.91. The number of likely N-dealkylation sites (tertiary alicyclic amines) is 1. The summed E-state index contributed by atoms with van der Waals surface area (Å²) in [5, 5.41) is 0. The number of hydrogen-bond donors (Lipinski definition) is 1. The van der Waals surface area contributed by atoms with Crippen LogP contribution in [-0.2, 0) is 11.3 Å². The SMILES string of the molecule is CCCOC1CCCN(Cc2ccc(C#CCN)s2)C1. The summed E-state index contributed by atoms with van der Waals surface area (Å²) in [7, 11) is 0. The number of thiophene rings is 1. The molecule has 0 spiro atoms. The van der Waals surface area contributed by atoms with Crippen molar-refractivity contribution in [3.63, 3.8) is 0 Å². The van der Waals surface area contributed by atoms with Crippen LogP contribution >= 0.6 is 11.3 Å². The summed E-state index contributed by atoms with van der Waals surface area (Å²) in [5.74, 6) is 6.01. The first-order valence-electron chi connectivity index (χ1n) is 7.43. The normalized spacial score (nSPS) is 19.6. The average molecular weight is 292 g/mol. The molecule has 1 unspecified atom stereocenters. The molecule has 0 amide bonds. The van der Waals surface area contributed by atoms with E-state index in [0.717, 1.165) is 31.0 Å². The van der Waals surface area contributed by atoms with Gasteiger partial charge in [0.05, 0.1) is 17.5 Å². The van der Waals surface area contributed by atoms with E-state index in [4.69, 9.17) is 10.5 Å². The fourth-order valence-corrected chi connectivity index (χ4v) is 3.39. The lowest BCUT2D eigenvalue weighted by Crippen LogP contribution is -2.39. The molecule has 0 bridgehead atoms. The van der Waals surface area contributed by atoms with E-state index < -0.39 is 0 Å². The molecule has 110 valence electrons. The highest BCUT2D eigenvalue weighted by Crippen LogP contribution is 2.21. The van der Waals surface area contributed by atoms with Gasteiger partial charge in [0.15, 0.2) is 0 Å². The first kappa shape index (κ1) is 15.5. The van der Waals surface area contributed by atoms with Gasteiger partial charge in [0.1, 0.15) is 0 Å². The lowest BCUT2D eigenvalue weighted by Gasteiger charge is -2.32. The quantitative estimate of drug-likeness (QED) is 0.847. The molecule has 0 saturated carbocycles. The Hall–Kier alpha value is -0.860. The number of hydrogen-bond acceptors (Lipinski definition) is 4. The summed E-state index contributed by atoms with van der Waals surface area (Å²) in [6, 6.07) is 4.28. The summed E-state index contributed by atoms with van der Waals surface area (Å²) in [6.07, 6.45) is 3.96. The van der Waals surface area contributed by atoms with Crippen molar-refractivity contribution in [2.24, 2.45) is 5.73 Å². The van der Waals surface area contributed by atoms with Crippen LogP contribution in [0.25, 0.3) is 0 Å². The number of ether oxygens (including phenoxy) is 1. The van der Waals surface area contributed by atoms with Crippen molar-refractivity contribution in [1.29, 1.82) is 0 Å². The van der Waals surface area contributed by atoms with Crippen molar-refractivity contribution in [2.75, 3.05) is 26.2 Å². The largest absolute Gasteiger partial charge is 0.377 e. The molecule has 1 aliphatic heterocycles. The fourth-order valence-electron chi connectivity index (χ4n) is 2.47. The molecule has 0 aromatic carbocycles. The third-order valence-corrected chi connectivity index (χ3v) is 4.36. The molecule has 0 aliphatic carbocycles. The minimum Gasteiger partial charge on any atom is -0.377 e. The van der Waals surface area contributed by atoms with E-state index >= 15 is 0 Å². The summed E-state index contributed by atoms with van der Waals surface area (Å²) < 4.78 is 5.88. The zero-order chi connectivity index (χ0) is 14.2. The van der Waals surface area contributed by atoms with Crippen molar-refractivity contribution in [3.05, 3.63) is 21.9 Å². The van der Waals surface area contributed by atoms with Gasteiger partial charge in [-0.15, -0.1) is 11.3 Å². The van der Waals surface area contributed by atoms with E-state index in [9.17, 15) is 0 Å². The van der Waals surface area contributed by atoms with Crippen LogP contribution in [0.1, 0.15) is 35.9 Å². The van der Waals surface area contributed by atoms with Crippen molar-refractivity contribution in [1.82, 2.24) is 4.90 Å². The van der Waals surface area contributed by atoms with E-state index in [-0.39, 0.29) is 0 Å². The second kappa shape index (κ2) is 8.43. The lowest BCUT2D eigenvalue weighted by molar-refractivity contribution is -0.00197. The van der Waals surface area contributed by atoms with Crippen molar-refractivity contribution >= 4 is 11.3 Å². The van der Waals surface area contributed by atoms with E-state index in [1.165, 1.54) is 24.3 Å². The molecule has 1 aromatic heterocycles. The van der Waals surface area contributed by atoms with Gasteiger partial charge in [-0.25, -0.2) is 0 Å². The third kappa shape index (κ3) is 4.92. The van der Waals surface area contributed by atoms with Gasteiger partial charge < -0.3 is 10.5 Å². The summed E-state index contributed by atoms with van der Waals surface area (Å²) >= 11 is 1.77. The highest BCUT2D eigenvalue weighted by molar-refractivity contribution is 7.12. The van der Waals surface area contributed by atoms with Crippen molar-refractivity contribution in [3.8, 4) is 11.8 Å². The van der Waals surface area contributed by atoms with Gasteiger partial charge in [-0.1, -0.05) is 18.8 Å². The Morgan fingerprint density at radius 3 is 3.20 bits per heavy atom. The van der Waals surface area contributed by atoms with E-state index in [1.54, 1.807) is 11.3 Å². The van der Waals surface area contributed by atoms with Gasteiger partial charge in [-0.3, -0.25) is 4.90 Å². The number of rotatable bonds is 5. The molecular formula is C16H24N2OS. The van der Waals surface area contributed by atoms with Crippen LogP contribution in [0, 0.1) is 11.8 Å². The molecule has 2 rings (SSSR count). The predicted molar refractivity (Wildman–Crippen MR) is 84.8 cm³/mol. The Morgan fingerprint density at radius 2 is 2.40 bits per heavy atom. The van der Waals surface area contributed by atoms with E-state index in [0.29, 0.717) is 12.6 Å². The zero-order valence-electron chi connectivity index (χ0n) is 12.2. The van der Waals surface area contributed by atoms with Gasteiger partial charge in [0, 0.05) is 24.6 Å². The first-order valence-corrected chi connectivity index (χ1v) is 8.25. The summed E-state index contributed by atoms with van der Waals surface area (Å²) in [5.41, 5.74) is 5.40. The predicted octanol–water partition coefficient (Wildman–Crippen LogP) is 2.45. The molecule has 4 heteroatoms. The molecule has 3 nitrogen and oxygen atoms in total. The van der Waals surface area contributed by atoms with Crippen LogP contribution in [0.5, 0.6) is 0 Å². The molecule has 20 heavy (non-hydrogen) atoms. The zero-order valence-corrected chi connectivity index (χ0v) is 13.0. The molecule has 1 atom stereocenters. The Bertz CT molecular complexity index is 461. The second-order valence-corrected chi connectivity index (χ2v) is 6.31. The lowest BCUT2D eigenvalue weighted by atomic mass is 10.1. The van der Waals surface area contributed by atoms with Crippen LogP contribution in [0.2, 0.25) is 0 Å². The molecule has 2 heterocycles. The maximum atomic E-state index is 5.88. The van der Waals surface area contributed by atoms with Crippen molar-refractivity contribution < 1.29 is 4.74 Å². The third-order valence-electron chi connectivity index (χ3n) is 3.37. The van der Waals surface area contributed by atoms with Crippen LogP contribution < -0.4 is 5.73 Å². The smallest absolute Gasteiger partial charge is 0.0772 e. The number of piperidine rings is 1. The standard InChI is InChI=1S/C16H24N2OS/c1-2-11-19-14-5-4-10-18(12-14)13-16-8-7-15(20-16)6-3-9-17/h7-8,14H,2,4-5,9-13,17H2,1H3.